The first-order valence-electron chi connectivity index (χ1n) is 11.1. The second-order valence-electron chi connectivity index (χ2n) is 8.00. The van der Waals surface area contributed by atoms with Crippen LogP contribution in [0.3, 0.4) is 0 Å². The van der Waals surface area contributed by atoms with Crippen LogP contribution in [0.15, 0.2) is 65.5 Å². The van der Waals surface area contributed by atoms with Crippen LogP contribution in [0.2, 0.25) is 0 Å². The third kappa shape index (κ3) is 5.58. The minimum atomic E-state index is -0.377. The molecule has 1 amide bonds. The maximum atomic E-state index is 13.3. The Labute approximate surface area is 191 Å². The Hall–Kier alpha value is -3.68. The highest BCUT2D eigenvalue weighted by atomic mass is 19.1. The van der Waals surface area contributed by atoms with Crippen molar-refractivity contribution in [3.63, 3.8) is 0 Å². The molecule has 1 aliphatic heterocycles. The van der Waals surface area contributed by atoms with E-state index in [1.165, 1.54) is 35.0 Å². The SMILES string of the molecule is CCOc1ccc(CNC(=O)[C@@H]2CCCN(c3ccc(=O)n(-c4ccc(F)cc4)n3)C2)cc1. The van der Waals surface area contributed by atoms with Gasteiger partial charge in [-0.25, -0.2) is 4.39 Å². The van der Waals surface area contributed by atoms with Crippen molar-refractivity contribution in [2.45, 2.75) is 26.3 Å². The van der Waals surface area contributed by atoms with Gasteiger partial charge in [0.25, 0.3) is 5.56 Å². The Bertz CT molecular complexity index is 1150. The van der Waals surface area contributed by atoms with E-state index in [0.717, 1.165) is 30.7 Å². The van der Waals surface area contributed by atoms with Crippen molar-refractivity contribution in [1.82, 2.24) is 15.1 Å². The molecule has 1 saturated heterocycles. The molecular formula is C25H27FN4O3. The average molecular weight is 451 g/mol. The fourth-order valence-corrected chi connectivity index (χ4v) is 3.94. The van der Waals surface area contributed by atoms with Crippen LogP contribution in [0.4, 0.5) is 10.2 Å². The molecule has 4 rings (SSSR count). The summed E-state index contributed by atoms with van der Waals surface area (Å²) in [6, 6.07) is 16.4. The second-order valence-corrected chi connectivity index (χ2v) is 8.00. The van der Waals surface area contributed by atoms with Crippen LogP contribution < -0.4 is 20.5 Å². The molecular weight excluding hydrogens is 423 g/mol. The summed E-state index contributed by atoms with van der Waals surface area (Å²) in [5.74, 6) is 0.876. The van der Waals surface area contributed by atoms with E-state index >= 15 is 0 Å². The van der Waals surface area contributed by atoms with Crippen molar-refractivity contribution in [1.29, 1.82) is 0 Å². The van der Waals surface area contributed by atoms with Crippen LogP contribution in [0.1, 0.15) is 25.3 Å². The van der Waals surface area contributed by atoms with Crippen LogP contribution in [0.25, 0.3) is 5.69 Å². The zero-order valence-electron chi connectivity index (χ0n) is 18.5. The first kappa shape index (κ1) is 22.5. The fourth-order valence-electron chi connectivity index (χ4n) is 3.94. The molecule has 0 bridgehead atoms. The molecule has 33 heavy (non-hydrogen) atoms. The number of aromatic nitrogens is 2. The summed E-state index contributed by atoms with van der Waals surface area (Å²) in [7, 11) is 0. The Morgan fingerprint density at radius 2 is 1.88 bits per heavy atom. The molecule has 8 heteroatoms. The number of nitrogens with zero attached hydrogens (tertiary/aromatic N) is 3. The lowest BCUT2D eigenvalue weighted by molar-refractivity contribution is -0.125. The number of carbonyl (C=O) groups is 1. The van der Waals surface area contributed by atoms with Gasteiger partial charge in [-0.05, 0) is 67.8 Å². The van der Waals surface area contributed by atoms with Gasteiger partial charge in [0.15, 0.2) is 0 Å². The highest BCUT2D eigenvalue weighted by Crippen LogP contribution is 2.22. The summed E-state index contributed by atoms with van der Waals surface area (Å²) in [6.45, 7) is 4.27. The fraction of sp³-hybridized carbons (Fsp3) is 0.320. The predicted molar refractivity (Wildman–Crippen MR) is 124 cm³/mol. The number of carbonyl (C=O) groups excluding carboxylic acids is 1. The van der Waals surface area contributed by atoms with Gasteiger partial charge in [-0.1, -0.05) is 12.1 Å². The molecule has 0 saturated carbocycles. The molecule has 1 fully saturated rings. The Morgan fingerprint density at radius 3 is 2.61 bits per heavy atom. The van der Waals surface area contributed by atoms with E-state index in [-0.39, 0.29) is 23.2 Å². The highest BCUT2D eigenvalue weighted by Gasteiger charge is 2.26. The van der Waals surface area contributed by atoms with Gasteiger partial charge in [0, 0.05) is 25.7 Å². The number of nitrogens with one attached hydrogen (secondary N) is 1. The number of halogens is 1. The molecule has 0 aliphatic carbocycles. The number of hydrogen-bond acceptors (Lipinski definition) is 5. The van der Waals surface area contributed by atoms with E-state index < -0.39 is 0 Å². The summed E-state index contributed by atoms with van der Waals surface area (Å²) < 4.78 is 20.0. The van der Waals surface area contributed by atoms with E-state index in [0.29, 0.717) is 31.2 Å². The topological polar surface area (TPSA) is 76.5 Å². The van der Waals surface area contributed by atoms with Crippen LogP contribution in [0, 0.1) is 11.7 Å². The lowest BCUT2D eigenvalue weighted by atomic mass is 9.97. The molecule has 172 valence electrons. The van der Waals surface area contributed by atoms with Gasteiger partial charge in [0.05, 0.1) is 18.2 Å². The monoisotopic (exact) mass is 450 g/mol. The summed E-state index contributed by atoms with van der Waals surface area (Å²) in [6.07, 6.45) is 1.64. The summed E-state index contributed by atoms with van der Waals surface area (Å²) in [5.41, 5.74) is 1.20. The molecule has 1 aliphatic rings. The van der Waals surface area contributed by atoms with Crippen molar-refractivity contribution in [3.8, 4) is 11.4 Å². The minimum Gasteiger partial charge on any atom is -0.494 e. The van der Waals surface area contributed by atoms with Crippen molar-refractivity contribution in [2.75, 3.05) is 24.6 Å². The van der Waals surface area contributed by atoms with E-state index in [9.17, 15) is 14.0 Å². The van der Waals surface area contributed by atoms with Crippen LogP contribution in [0.5, 0.6) is 5.75 Å². The molecule has 0 unspecified atom stereocenters. The molecule has 2 heterocycles. The number of piperidine rings is 1. The maximum Gasteiger partial charge on any atom is 0.271 e. The molecule has 0 spiro atoms. The lowest BCUT2D eigenvalue weighted by Crippen LogP contribution is -2.43. The van der Waals surface area contributed by atoms with Crippen LogP contribution >= 0.6 is 0 Å². The normalized spacial score (nSPS) is 15.8. The maximum absolute atomic E-state index is 13.3. The molecule has 0 radical (unpaired) electrons. The van der Waals surface area contributed by atoms with Gasteiger partial charge in [0.1, 0.15) is 17.4 Å². The first-order chi connectivity index (χ1) is 16.0. The summed E-state index contributed by atoms with van der Waals surface area (Å²) in [5, 5.41) is 7.50. The van der Waals surface area contributed by atoms with Gasteiger partial charge < -0.3 is 15.0 Å². The van der Waals surface area contributed by atoms with Gasteiger partial charge in [-0.15, -0.1) is 5.10 Å². The van der Waals surface area contributed by atoms with Crippen LogP contribution in [-0.4, -0.2) is 35.4 Å². The zero-order valence-corrected chi connectivity index (χ0v) is 18.5. The average Bonchev–Trinajstić information content (AvgIpc) is 2.84. The van der Waals surface area contributed by atoms with E-state index in [2.05, 4.69) is 10.4 Å². The number of hydrogen-bond donors (Lipinski definition) is 1. The van der Waals surface area contributed by atoms with E-state index in [1.807, 2.05) is 36.1 Å². The smallest absolute Gasteiger partial charge is 0.271 e. The highest BCUT2D eigenvalue weighted by molar-refractivity contribution is 5.79. The first-order valence-corrected chi connectivity index (χ1v) is 11.1. The molecule has 7 nitrogen and oxygen atoms in total. The molecule has 3 aromatic rings. The summed E-state index contributed by atoms with van der Waals surface area (Å²) >= 11 is 0. The standard InChI is InChI=1S/C25H27FN4O3/c1-2-33-22-11-5-18(6-12-22)16-27-25(32)19-4-3-15-29(17-19)23-13-14-24(31)30(28-23)21-9-7-20(26)8-10-21/h5-14,19H,2-4,15-17H2,1H3,(H,27,32)/t19-/m1/s1. The largest absolute Gasteiger partial charge is 0.494 e. The van der Waals surface area contributed by atoms with Crippen molar-refractivity contribution in [2.24, 2.45) is 5.92 Å². The van der Waals surface area contributed by atoms with Crippen LogP contribution in [-0.2, 0) is 11.3 Å². The number of benzene rings is 2. The molecule has 2 aromatic carbocycles. The second kappa shape index (κ2) is 10.3. The van der Waals surface area contributed by atoms with Gasteiger partial charge in [-0.3, -0.25) is 9.59 Å². The Balaban J connectivity index is 1.40. The van der Waals surface area contributed by atoms with Gasteiger partial charge in [0.2, 0.25) is 5.91 Å². The van der Waals surface area contributed by atoms with Crippen molar-refractivity contribution < 1.29 is 13.9 Å². The third-order valence-corrected chi connectivity index (χ3v) is 5.67. The quantitative estimate of drug-likeness (QED) is 0.598. The van der Waals surface area contributed by atoms with Gasteiger partial charge in [-0.2, -0.15) is 4.68 Å². The summed E-state index contributed by atoms with van der Waals surface area (Å²) in [4.78, 5) is 27.1. The predicted octanol–water partition coefficient (Wildman–Crippen LogP) is 3.30. The van der Waals surface area contributed by atoms with E-state index in [1.54, 1.807) is 6.07 Å². The van der Waals surface area contributed by atoms with Gasteiger partial charge >= 0.3 is 0 Å². The van der Waals surface area contributed by atoms with Crippen molar-refractivity contribution in [3.05, 3.63) is 82.4 Å². The number of ether oxygens (including phenoxy) is 1. The third-order valence-electron chi connectivity index (χ3n) is 5.67. The Kier molecular flexibility index (Phi) is 7.02. The molecule has 1 N–H and O–H groups in total. The Morgan fingerprint density at radius 1 is 1.12 bits per heavy atom. The number of rotatable bonds is 7. The molecule has 1 aromatic heterocycles. The number of amides is 1. The number of anilines is 1. The minimum absolute atomic E-state index is 0.000408. The van der Waals surface area contributed by atoms with Crippen molar-refractivity contribution >= 4 is 11.7 Å². The zero-order chi connectivity index (χ0) is 23.2. The van der Waals surface area contributed by atoms with E-state index in [4.69, 9.17) is 4.74 Å². The molecule has 1 atom stereocenters. The lowest BCUT2D eigenvalue weighted by Gasteiger charge is -2.33.